The zero-order chi connectivity index (χ0) is 10.3. The van der Waals surface area contributed by atoms with Crippen LogP contribution in [-0.4, -0.2) is 24.9 Å². The van der Waals surface area contributed by atoms with Gasteiger partial charge in [0.05, 0.1) is 6.10 Å². The van der Waals surface area contributed by atoms with Crippen molar-refractivity contribution < 1.29 is 9.84 Å². The summed E-state index contributed by atoms with van der Waals surface area (Å²) in [4.78, 5) is 0. The lowest BCUT2D eigenvalue weighted by atomic mass is 9.84. The Kier molecular flexibility index (Phi) is 6.35. The molecular weight excluding hydrogens is 164 g/mol. The molecule has 2 heteroatoms. The standard InChI is InChI=1S/C11H24O2/c1-5-11(2,3)8-6-10(13-4)7-9-12/h10,12H,5-9H2,1-4H3. The monoisotopic (exact) mass is 188 g/mol. The second-order valence-corrected chi connectivity index (χ2v) is 4.43. The van der Waals surface area contributed by atoms with Gasteiger partial charge in [-0.2, -0.15) is 0 Å². The van der Waals surface area contributed by atoms with Crippen LogP contribution in [0, 0.1) is 5.41 Å². The molecule has 0 fully saturated rings. The maximum atomic E-state index is 8.77. The van der Waals surface area contributed by atoms with Crippen LogP contribution in [0.3, 0.4) is 0 Å². The van der Waals surface area contributed by atoms with Crippen LogP contribution in [-0.2, 0) is 4.74 Å². The van der Waals surface area contributed by atoms with E-state index in [1.165, 1.54) is 12.8 Å². The van der Waals surface area contributed by atoms with E-state index in [0.29, 0.717) is 5.41 Å². The van der Waals surface area contributed by atoms with E-state index in [4.69, 9.17) is 9.84 Å². The maximum absolute atomic E-state index is 8.77. The van der Waals surface area contributed by atoms with Crippen LogP contribution in [0.2, 0.25) is 0 Å². The molecule has 1 atom stereocenters. The molecule has 2 nitrogen and oxygen atoms in total. The number of aliphatic hydroxyl groups excluding tert-OH is 1. The SMILES string of the molecule is CCC(C)(C)CCC(CCO)OC. The van der Waals surface area contributed by atoms with Gasteiger partial charge in [-0.15, -0.1) is 0 Å². The molecule has 13 heavy (non-hydrogen) atoms. The van der Waals surface area contributed by atoms with Gasteiger partial charge in [-0.05, 0) is 24.7 Å². The molecule has 0 saturated carbocycles. The largest absolute Gasteiger partial charge is 0.396 e. The Labute approximate surface area is 82.3 Å². The lowest BCUT2D eigenvalue weighted by Gasteiger charge is -2.25. The number of hydrogen-bond donors (Lipinski definition) is 1. The maximum Gasteiger partial charge on any atom is 0.0593 e. The highest BCUT2D eigenvalue weighted by molar-refractivity contribution is 4.69. The predicted molar refractivity (Wildman–Crippen MR) is 55.8 cm³/mol. The van der Waals surface area contributed by atoms with E-state index in [0.717, 1.165) is 12.8 Å². The van der Waals surface area contributed by atoms with Crippen molar-refractivity contribution in [3.63, 3.8) is 0 Å². The highest BCUT2D eigenvalue weighted by Gasteiger charge is 2.17. The van der Waals surface area contributed by atoms with E-state index in [1.54, 1.807) is 7.11 Å². The molecule has 80 valence electrons. The third-order valence-corrected chi connectivity index (χ3v) is 2.88. The lowest BCUT2D eigenvalue weighted by molar-refractivity contribution is 0.0604. The molecule has 0 aliphatic heterocycles. The van der Waals surface area contributed by atoms with Crippen LogP contribution >= 0.6 is 0 Å². The van der Waals surface area contributed by atoms with Crippen LogP contribution in [0.5, 0.6) is 0 Å². The number of aliphatic hydroxyl groups is 1. The normalized spacial score (nSPS) is 14.5. The van der Waals surface area contributed by atoms with Crippen LogP contribution in [0.15, 0.2) is 0 Å². The molecule has 0 spiro atoms. The Balaban J connectivity index is 3.70. The van der Waals surface area contributed by atoms with Gasteiger partial charge in [-0.3, -0.25) is 0 Å². The summed E-state index contributed by atoms with van der Waals surface area (Å²) in [5, 5.41) is 8.77. The summed E-state index contributed by atoms with van der Waals surface area (Å²) >= 11 is 0. The van der Waals surface area contributed by atoms with E-state index in [-0.39, 0.29) is 12.7 Å². The Hall–Kier alpha value is -0.0800. The molecular formula is C11H24O2. The summed E-state index contributed by atoms with van der Waals surface area (Å²) in [6, 6.07) is 0. The van der Waals surface area contributed by atoms with Crippen LogP contribution in [0.1, 0.15) is 46.5 Å². The van der Waals surface area contributed by atoms with Crippen molar-refractivity contribution in [3.8, 4) is 0 Å². The average Bonchev–Trinajstić information content (AvgIpc) is 2.12. The van der Waals surface area contributed by atoms with Crippen LogP contribution in [0.25, 0.3) is 0 Å². The number of rotatable bonds is 7. The molecule has 1 unspecified atom stereocenters. The second kappa shape index (κ2) is 6.39. The Morgan fingerprint density at radius 1 is 1.31 bits per heavy atom. The number of ether oxygens (including phenoxy) is 1. The lowest BCUT2D eigenvalue weighted by Crippen LogP contribution is -2.18. The molecule has 0 aromatic rings. The zero-order valence-electron chi connectivity index (χ0n) is 9.47. The first-order valence-corrected chi connectivity index (χ1v) is 5.19. The summed E-state index contributed by atoms with van der Waals surface area (Å²) in [7, 11) is 1.72. The highest BCUT2D eigenvalue weighted by atomic mass is 16.5. The third-order valence-electron chi connectivity index (χ3n) is 2.88. The molecule has 0 aromatic heterocycles. The van der Waals surface area contributed by atoms with Gasteiger partial charge in [0.25, 0.3) is 0 Å². The molecule has 0 saturated heterocycles. The van der Waals surface area contributed by atoms with Gasteiger partial charge in [-0.1, -0.05) is 27.2 Å². The summed E-state index contributed by atoms with van der Waals surface area (Å²) in [6.07, 6.45) is 4.41. The van der Waals surface area contributed by atoms with E-state index in [2.05, 4.69) is 20.8 Å². The summed E-state index contributed by atoms with van der Waals surface area (Å²) in [5.41, 5.74) is 0.409. The third kappa shape index (κ3) is 6.05. The minimum absolute atomic E-state index is 0.227. The molecule has 0 aliphatic rings. The van der Waals surface area contributed by atoms with Gasteiger partial charge in [0.2, 0.25) is 0 Å². The van der Waals surface area contributed by atoms with Gasteiger partial charge in [0.15, 0.2) is 0 Å². The van der Waals surface area contributed by atoms with E-state index < -0.39 is 0 Å². The quantitative estimate of drug-likeness (QED) is 0.665. The predicted octanol–water partition coefficient (Wildman–Crippen LogP) is 2.60. The molecule has 0 aliphatic carbocycles. The molecule has 0 radical (unpaired) electrons. The van der Waals surface area contributed by atoms with Crippen molar-refractivity contribution in [3.05, 3.63) is 0 Å². The molecule has 0 aromatic carbocycles. The Morgan fingerprint density at radius 3 is 2.31 bits per heavy atom. The van der Waals surface area contributed by atoms with Crippen molar-refractivity contribution >= 4 is 0 Å². The number of hydrogen-bond acceptors (Lipinski definition) is 2. The van der Waals surface area contributed by atoms with E-state index in [9.17, 15) is 0 Å². The van der Waals surface area contributed by atoms with Crippen LogP contribution in [0.4, 0.5) is 0 Å². The van der Waals surface area contributed by atoms with Gasteiger partial charge in [0, 0.05) is 13.7 Å². The van der Waals surface area contributed by atoms with E-state index >= 15 is 0 Å². The Morgan fingerprint density at radius 2 is 1.92 bits per heavy atom. The molecule has 1 N–H and O–H groups in total. The number of methoxy groups -OCH3 is 1. The first kappa shape index (κ1) is 12.9. The molecule has 0 rings (SSSR count). The molecule has 0 bridgehead atoms. The summed E-state index contributed by atoms with van der Waals surface area (Å²) in [6.45, 7) is 7.00. The molecule has 0 amide bonds. The summed E-state index contributed by atoms with van der Waals surface area (Å²) in [5.74, 6) is 0. The minimum atomic E-state index is 0.227. The first-order chi connectivity index (χ1) is 6.05. The second-order valence-electron chi connectivity index (χ2n) is 4.43. The van der Waals surface area contributed by atoms with Crippen molar-refractivity contribution in [1.82, 2.24) is 0 Å². The Bertz CT molecular complexity index is 121. The highest BCUT2D eigenvalue weighted by Crippen LogP contribution is 2.27. The fraction of sp³-hybridized carbons (Fsp3) is 1.00. The van der Waals surface area contributed by atoms with Gasteiger partial charge < -0.3 is 9.84 Å². The average molecular weight is 188 g/mol. The first-order valence-electron chi connectivity index (χ1n) is 5.19. The topological polar surface area (TPSA) is 29.5 Å². The minimum Gasteiger partial charge on any atom is -0.396 e. The van der Waals surface area contributed by atoms with Crippen molar-refractivity contribution in [1.29, 1.82) is 0 Å². The van der Waals surface area contributed by atoms with Gasteiger partial charge in [0.1, 0.15) is 0 Å². The fourth-order valence-corrected chi connectivity index (χ4v) is 1.25. The van der Waals surface area contributed by atoms with Crippen molar-refractivity contribution in [2.24, 2.45) is 5.41 Å². The molecule has 0 heterocycles. The zero-order valence-corrected chi connectivity index (χ0v) is 9.47. The summed E-state index contributed by atoms with van der Waals surface area (Å²) < 4.78 is 5.27. The van der Waals surface area contributed by atoms with Crippen molar-refractivity contribution in [2.45, 2.75) is 52.6 Å². The fourth-order valence-electron chi connectivity index (χ4n) is 1.25. The van der Waals surface area contributed by atoms with Crippen molar-refractivity contribution in [2.75, 3.05) is 13.7 Å². The van der Waals surface area contributed by atoms with E-state index in [1.807, 2.05) is 0 Å². The van der Waals surface area contributed by atoms with Gasteiger partial charge >= 0.3 is 0 Å². The van der Waals surface area contributed by atoms with Gasteiger partial charge in [-0.25, -0.2) is 0 Å². The smallest absolute Gasteiger partial charge is 0.0593 e. The van der Waals surface area contributed by atoms with Crippen LogP contribution < -0.4 is 0 Å².